The number of para-hydroxylation sites is 1. The molecule has 194 valence electrons. The van der Waals surface area contributed by atoms with Crippen LogP contribution in [0.2, 0.25) is 0 Å². The summed E-state index contributed by atoms with van der Waals surface area (Å²) in [5.41, 5.74) is 6.74. The van der Waals surface area contributed by atoms with Gasteiger partial charge in [-0.2, -0.15) is 5.10 Å². The second-order valence-corrected chi connectivity index (χ2v) is 9.30. The summed E-state index contributed by atoms with van der Waals surface area (Å²) in [7, 11) is 0. The third kappa shape index (κ3) is 5.11. The van der Waals surface area contributed by atoms with Crippen molar-refractivity contribution in [1.82, 2.24) is 14.8 Å². The van der Waals surface area contributed by atoms with Crippen molar-refractivity contribution in [2.24, 2.45) is 0 Å². The number of carbonyl (C=O) groups excluding carboxylic acids is 1. The number of nitrogens with one attached hydrogen (secondary N) is 1. The summed E-state index contributed by atoms with van der Waals surface area (Å²) >= 11 is 0. The van der Waals surface area contributed by atoms with Crippen molar-refractivity contribution in [3.63, 3.8) is 0 Å². The largest absolute Gasteiger partial charge is 0.486 e. The molecule has 5 aromatic rings. The van der Waals surface area contributed by atoms with Gasteiger partial charge in [-0.05, 0) is 61.0 Å². The summed E-state index contributed by atoms with van der Waals surface area (Å²) in [5, 5.41) is 7.54. The van der Waals surface area contributed by atoms with Crippen molar-refractivity contribution in [3.05, 3.63) is 108 Å². The van der Waals surface area contributed by atoms with Crippen LogP contribution in [0.4, 0.5) is 5.69 Å². The van der Waals surface area contributed by atoms with Crippen molar-refractivity contribution in [2.45, 2.75) is 19.8 Å². The topological polar surface area (TPSA) is 78.3 Å². The van der Waals surface area contributed by atoms with E-state index in [-0.39, 0.29) is 5.91 Å². The summed E-state index contributed by atoms with van der Waals surface area (Å²) < 4.78 is 13.2. The first kappa shape index (κ1) is 24.4. The average Bonchev–Trinajstić information content (AvgIpc) is 3.42. The monoisotopic (exact) mass is 516 g/mol. The van der Waals surface area contributed by atoms with E-state index in [1.165, 1.54) is 0 Å². The van der Waals surface area contributed by atoms with Crippen LogP contribution >= 0.6 is 0 Å². The zero-order chi connectivity index (χ0) is 26.6. The molecule has 0 radical (unpaired) electrons. The Labute approximate surface area is 227 Å². The molecule has 0 unspecified atom stereocenters. The van der Waals surface area contributed by atoms with Crippen LogP contribution in [0.1, 0.15) is 29.4 Å². The third-order valence-electron chi connectivity index (χ3n) is 6.63. The van der Waals surface area contributed by atoms with E-state index in [1.54, 1.807) is 6.20 Å². The lowest BCUT2D eigenvalue weighted by molar-refractivity contribution is 0.102. The number of amides is 1. The maximum Gasteiger partial charge on any atom is 0.259 e. The molecule has 1 amide bonds. The van der Waals surface area contributed by atoms with Crippen molar-refractivity contribution >= 4 is 11.6 Å². The maximum atomic E-state index is 13.2. The first-order chi connectivity index (χ1) is 19.2. The molecule has 0 spiro atoms. The molecule has 0 aliphatic carbocycles. The Bertz CT molecular complexity index is 1610. The summed E-state index contributed by atoms with van der Waals surface area (Å²) in [5.74, 6) is 1.32. The Morgan fingerprint density at radius 1 is 0.846 bits per heavy atom. The van der Waals surface area contributed by atoms with Crippen molar-refractivity contribution in [3.8, 4) is 39.7 Å². The van der Waals surface area contributed by atoms with Gasteiger partial charge in [0, 0.05) is 16.8 Å². The fourth-order valence-corrected chi connectivity index (χ4v) is 4.71. The van der Waals surface area contributed by atoms with E-state index in [4.69, 9.17) is 14.5 Å². The Morgan fingerprint density at radius 3 is 2.33 bits per heavy atom. The van der Waals surface area contributed by atoms with Gasteiger partial charge in [0.2, 0.25) is 0 Å². The molecule has 7 nitrogen and oxygen atoms in total. The number of hydrogen-bond donors (Lipinski definition) is 1. The maximum absolute atomic E-state index is 13.2. The van der Waals surface area contributed by atoms with Gasteiger partial charge in [0.15, 0.2) is 11.5 Å². The highest BCUT2D eigenvalue weighted by Gasteiger charge is 2.18. The molecule has 3 aromatic carbocycles. The normalized spacial score (nSPS) is 12.2. The van der Waals surface area contributed by atoms with Gasteiger partial charge in [0.05, 0.1) is 34.5 Å². The van der Waals surface area contributed by atoms with Gasteiger partial charge < -0.3 is 14.8 Å². The van der Waals surface area contributed by atoms with Gasteiger partial charge in [-0.25, -0.2) is 9.67 Å². The highest BCUT2D eigenvalue weighted by atomic mass is 16.6. The van der Waals surface area contributed by atoms with E-state index in [1.807, 2.05) is 95.7 Å². The van der Waals surface area contributed by atoms with Gasteiger partial charge in [0.25, 0.3) is 5.91 Å². The number of fused-ring (bicyclic) bond motifs is 1. The molecule has 3 heterocycles. The predicted molar refractivity (Wildman–Crippen MR) is 152 cm³/mol. The number of hydrogen-bond acceptors (Lipinski definition) is 5. The summed E-state index contributed by atoms with van der Waals surface area (Å²) in [4.78, 5) is 18.1. The molecule has 2 aromatic heterocycles. The molecule has 1 N–H and O–H groups in total. The molecule has 7 heteroatoms. The third-order valence-corrected chi connectivity index (χ3v) is 6.63. The minimum Gasteiger partial charge on any atom is -0.486 e. The Kier molecular flexibility index (Phi) is 6.78. The minimum atomic E-state index is -0.174. The van der Waals surface area contributed by atoms with Crippen LogP contribution in [-0.4, -0.2) is 33.9 Å². The average molecular weight is 517 g/mol. The van der Waals surface area contributed by atoms with E-state index in [0.29, 0.717) is 24.5 Å². The second-order valence-electron chi connectivity index (χ2n) is 9.30. The van der Waals surface area contributed by atoms with Crippen molar-refractivity contribution in [2.75, 3.05) is 18.5 Å². The number of carbonyl (C=O) groups is 1. The fraction of sp³-hybridized carbons (Fsp3) is 0.156. The minimum absolute atomic E-state index is 0.174. The Morgan fingerprint density at radius 2 is 1.56 bits per heavy atom. The van der Waals surface area contributed by atoms with Crippen LogP contribution in [0.15, 0.2) is 97.2 Å². The summed E-state index contributed by atoms with van der Waals surface area (Å²) in [6.07, 6.45) is 3.31. The SMILES string of the molecule is CCCc1c(C(=O)Nc2ccc(-c3cccc(-c4ccc5c(c4)OCCO5)n3)cc2)cnn1-c1ccccc1. The van der Waals surface area contributed by atoms with Crippen LogP contribution < -0.4 is 14.8 Å². The molecule has 1 aliphatic rings. The smallest absolute Gasteiger partial charge is 0.259 e. The molecule has 0 saturated heterocycles. The van der Waals surface area contributed by atoms with E-state index >= 15 is 0 Å². The predicted octanol–water partition coefficient (Wildman–Crippen LogP) is 6.58. The van der Waals surface area contributed by atoms with Crippen LogP contribution in [0, 0.1) is 0 Å². The lowest BCUT2D eigenvalue weighted by atomic mass is 10.1. The molecule has 0 atom stereocenters. The molecule has 1 aliphatic heterocycles. The van der Waals surface area contributed by atoms with Crippen LogP contribution in [0.3, 0.4) is 0 Å². The van der Waals surface area contributed by atoms with E-state index < -0.39 is 0 Å². The standard InChI is InChI=1S/C32H28N4O3/c1-2-7-29-26(21-33-36(29)25-8-4-3-5-9-25)32(37)34-24-15-12-22(13-16-24)27-10-6-11-28(35-27)23-14-17-30-31(20-23)39-19-18-38-30/h3-6,8-17,20-21H,2,7,18-19H2,1H3,(H,34,37). The number of benzene rings is 3. The van der Waals surface area contributed by atoms with Crippen molar-refractivity contribution in [1.29, 1.82) is 0 Å². The van der Waals surface area contributed by atoms with Gasteiger partial charge in [-0.15, -0.1) is 0 Å². The summed E-state index contributed by atoms with van der Waals surface area (Å²) in [6, 6.07) is 29.4. The molecule has 0 bridgehead atoms. The molecule has 39 heavy (non-hydrogen) atoms. The molecular formula is C32H28N4O3. The number of anilines is 1. The lowest BCUT2D eigenvalue weighted by Gasteiger charge is -2.18. The quantitative estimate of drug-likeness (QED) is 0.264. The van der Waals surface area contributed by atoms with Crippen LogP contribution in [-0.2, 0) is 6.42 Å². The highest BCUT2D eigenvalue weighted by molar-refractivity contribution is 6.05. The molecule has 0 saturated carbocycles. The number of nitrogens with zero attached hydrogens (tertiary/aromatic N) is 3. The van der Waals surface area contributed by atoms with E-state index in [2.05, 4.69) is 17.3 Å². The Hall–Kier alpha value is -4.91. The number of aromatic nitrogens is 3. The van der Waals surface area contributed by atoms with Crippen molar-refractivity contribution < 1.29 is 14.3 Å². The summed E-state index contributed by atoms with van der Waals surface area (Å²) in [6.45, 7) is 3.20. The fourth-order valence-electron chi connectivity index (χ4n) is 4.71. The first-order valence-electron chi connectivity index (χ1n) is 13.1. The van der Waals surface area contributed by atoms with Gasteiger partial charge in [-0.1, -0.05) is 49.7 Å². The van der Waals surface area contributed by atoms with Crippen LogP contribution in [0.5, 0.6) is 11.5 Å². The van der Waals surface area contributed by atoms with Crippen LogP contribution in [0.25, 0.3) is 28.2 Å². The number of rotatable bonds is 7. The van der Waals surface area contributed by atoms with Gasteiger partial charge >= 0.3 is 0 Å². The molecule has 0 fully saturated rings. The zero-order valence-electron chi connectivity index (χ0n) is 21.6. The number of ether oxygens (including phenoxy) is 2. The highest BCUT2D eigenvalue weighted by Crippen LogP contribution is 2.34. The Balaban J connectivity index is 1.20. The van der Waals surface area contributed by atoms with E-state index in [9.17, 15) is 4.79 Å². The molecule has 6 rings (SSSR count). The van der Waals surface area contributed by atoms with Gasteiger partial charge in [-0.3, -0.25) is 4.79 Å². The second kappa shape index (κ2) is 10.8. The van der Waals surface area contributed by atoms with Gasteiger partial charge in [0.1, 0.15) is 13.2 Å². The molecular weight excluding hydrogens is 488 g/mol. The van der Waals surface area contributed by atoms with E-state index in [0.717, 1.165) is 58.2 Å². The first-order valence-corrected chi connectivity index (χ1v) is 13.1. The zero-order valence-corrected chi connectivity index (χ0v) is 21.6. The lowest BCUT2D eigenvalue weighted by Crippen LogP contribution is -2.15. The number of pyridine rings is 1.